The molecule has 2 heterocycles. The van der Waals surface area contributed by atoms with Gasteiger partial charge in [-0.05, 0) is 24.3 Å². The Morgan fingerprint density at radius 1 is 1.63 bits per heavy atom. The zero-order valence-corrected chi connectivity index (χ0v) is 19.0. The maximum absolute atomic E-state index is 11.9. The van der Waals surface area contributed by atoms with Gasteiger partial charge >= 0.3 is 11.7 Å². The van der Waals surface area contributed by atoms with Crippen LogP contribution in [-0.2, 0) is 18.8 Å². The van der Waals surface area contributed by atoms with Crippen molar-refractivity contribution in [2.24, 2.45) is 5.92 Å². The van der Waals surface area contributed by atoms with Gasteiger partial charge in [-0.25, -0.2) is 9.88 Å². The molecule has 0 radical (unpaired) electrons. The van der Waals surface area contributed by atoms with E-state index in [1.807, 2.05) is 19.9 Å². The molecule has 0 spiro atoms. The number of nitrogens with one attached hydrogen (secondary N) is 1. The van der Waals surface area contributed by atoms with Crippen molar-refractivity contribution in [1.29, 1.82) is 0 Å². The fourth-order valence-electron chi connectivity index (χ4n) is 2.56. The van der Waals surface area contributed by atoms with E-state index in [2.05, 4.69) is 34.0 Å². The number of hydrogen-bond acceptors (Lipinski definition) is 10. The van der Waals surface area contributed by atoms with Gasteiger partial charge in [0.05, 0.1) is 19.8 Å². The van der Waals surface area contributed by atoms with Gasteiger partial charge in [0.2, 0.25) is 0 Å². The Morgan fingerprint density at radius 2 is 2.33 bits per heavy atom. The van der Waals surface area contributed by atoms with Crippen LogP contribution in [0.4, 0.5) is 5.82 Å². The second-order valence-corrected chi connectivity index (χ2v) is 8.25. The first-order chi connectivity index (χ1) is 14.2. The molecular formula is C18H29N4O6PS. The molecule has 0 amide bonds. The zero-order valence-electron chi connectivity index (χ0n) is 17.2. The first-order valence-corrected chi connectivity index (χ1v) is 10.7. The summed E-state index contributed by atoms with van der Waals surface area (Å²) in [5.74, 6) is -0.278. The predicted molar refractivity (Wildman–Crippen MR) is 119 cm³/mol. The first-order valence-electron chi connectivity index (χ1n) is 9.08. The molecule has 1 saturated heterocycles. The van der Waals surface area contributed by atoms with E-state index in [1.165, 1.54) is 17.7 Å². The van der Waals surface area contributed by atoms with Crippen LogP contribution in [0.15, 0.2) is 40.7 Å². The van der Waals surface area contributed by atoms with Crippen molar-refractivity contribution in [3.63, 3.8) is 0 Å². The van der Waals surface area contributed by atoms with E-state index < -0.39 is 26.4 Å². The van der Waals surface area contributed by atoms with E-state index in [4.69, 9.17) is 15.0 Å². The number of aromatic nitrogens is 2. The summed E-state index contributed by atoms with van der Waals surface area (Å²) in [6.45, 7) is 7.32. The van der Waals surface area contributed by atoms with Gasteiger partial charge in [-0.15, -0.1) is 12.6 Å². The molecule has 0 aliphatic carbocycles. The second-order valence-electron chi connectivity index (χ2n) is 6.43. The summed E-state index contributed by atoms with van der Waals surface area (Å²) in [7, 11) is -0.700. The van der Waals surface area contributed by atoms with Crippen LogP contribution in [0.5, 0.6) is 0 Å². The Labute approximate surface area is 182 Å². The van der Waals surface area contributed by atoms with Gasteiger partial charge in [0.1, 0.15) is 18.6 Å². The van der Waals surface area contributed by atoms with Crippen LogP contribution in [0.25, 0.3) is 0 Å². The summed E-state index contributed by atoms with van der Waals surface area (Å²) < 4.78 is 16.9. The maximum Gasteiger partial charge on any atom is 0.351 e. The molecule has 1 fully saturated rings. The number of nitrogens with zero attached hydrogens (tertiary/aromatic N) is 2. The van der Waals surface area contributed by atoms with Gasteiger partial charge in [0.15, 0.2) is 0 Å². The Morgan fingerprint density at radius 3 is 2.87 bits per heavy atom. The number of allylic oxidation sites excluding steroid dienone is 3. The molecule has 4 atom stereocenters. The second kappa shape index (κ2) is 13.5. The summed E-state index contributed by atoms with van der Waals surface area (Å²) in [5, 5.41) is 2.52. The largest absolute Gasteiger partial charge is 0.468 e. The van der Waals surface area contributed by atoms with Crippen LogP contribution in [0.2, 0.25) is 0 Å². The lowest BCUT2D eigenvalue weighted by atomic mass is 10.1. The molecule has 4 unspecified atom stereocenters. The molecule has 30 heavy (non-hydrogen) atoms. The summed E-state index contributed by atoms with van der Waals surface area (Å²) in [5.41, 5.74) is 5.00. The first kappa shape index (κ1) is 26.3. The van der Waals surface area contributed by atoms with Crippen molar-refractivity contribution in [3.05, 3.63) is 46.4 Å². The fourth-order valence-corrected chi connectivity index (χ4v) is 3.33. The van der Waals surface area contributed by atoms with Crippen LogP contribution in [-0.4, -0.2) is 46.8 Å². The van der Waals surface area contributed by atoms with E-state index in [-0.39, 0.29) is 31.0 Å². The van der Waals surface area contributed by atoms with Crippen molar-refractivity contribution in [2.75, 3.05) is 26.0 Å². The molecule has 1 aliphatic heterocycles. The van der Waals surface area contributed by atoms with E-state index in [1.54, 1.807) is 12.3 Å². The standard InChI is InChI=1S/C13H21N4O6P.C5H8S/c1-8-5-9(7-22-24(20)15-6-11(18)21-2)23-12(8)17-4-3-10(14)16-13(17)19;1-3-4-5(2)6/h3-4,8-9,12,15,20H,5-7H2,1-2H3,(H2,14,16,19);3-4,6H,1H2,2H3/b;5-4+. The Hall–Kier alpha value is -1.75. The molecule has 1 aromatic rings. The molecule has 1 aromatic heterocycles. The number of thiol groups is 1. The number of carbonyl (C=O) groups excluding carboxylic acids is 1. The zero-order chi connectivity index (χ0) is 22.7. The third-order valence-corrected chi connectivity index (χ3v) is 4.88. The molecule has 0 saturated carbocycles. The number of hydrogen-bond donors (Lipinski definition) is 4. The highest BCUT2D eigenvalue weighted by Gasteiger charge is 2.34. The van der Waals surface area contributed by atoms with Crippen molar-refractivity contribution in [2.45, 2.75) is 32.6 Å². The molecule has 12 heteroatoms. The minimum Gasteiger partial charge on any atom is -0.468 e. The summed E-state index contributed by atoms with van der Waals surface area (Å²) in [4.78, 5) is 37.2. The number of nitrogens with two attached hydrogens (primary N) is 1. The average Bonchev–Trinajstić information content (AvgIpc) is 3.05. The third kappa shape index (κ3) is 9.38. The average molecular weight is 460 g/mol. The van der Waals surface area contributed by atoms with Crippen LogP contribution >= 0.6 is 21.2 Å². The van der Waals surface area contributed by atoms with Crippen LogP contribution in [0.3, 0.4) is 0 Å². The molecule has 4 N–H and O–H groups in total. The SMILES string of the molecule is C=C/C=C(\C)S.COC(=O)CNP(O)OCC1CC(C)C(n2ccc(N)nc2=O)O1. The Balaban J connectivity index is 0.000000656. The van der Waals surface area contributed by atoms with Crippen LogP contribution < -0.4 is 16.5 Å². The lowest BCUT2D eigenvalue weighted by Crippen LogP contribution is -2.29. The van der Waals surface area contributed by atoms with Crippen molar-refractivity contribution in [3.8, 4) is 0 Å². The molecule has 10 nitrogen and oxygen atoms in total. The minimum atomic E-state index is -1.96. The molecule has 0 aromatic carbocycles. The van der Waals surface area contributed by atoms with E-state index in [9.17, 15) is 14.5 Å². The Bertz CT molecular complexity index is 786. The summed E-state index contributed by atoms with van der Waals surface area (Å²) >= 11 is 3.97. The van der Waals surface area contributed by atoms with E-state index >= 15 is 0 Å². The van der Waals surface area contributed by atoms with Crippen molar-refractivity contribution >= 4 is 32.9 Å². The van der Waals surface area contributed by atoms with Crippen LogP contribution in [0, 0.1) is 5.92 Å². The lowest BCUT2D eigenvalue weighted by molar-refractivity contribution is -0.139. The fraction of sp³-hybridized carbons (Fsp3) is 0.500. The van der Waals surface area contributed by atoms with E-state index in [0.717, 1.165) is 4.91 Å². The quantitative estimate of drug-likeness (QED) is 0.198. The smallest absolute Gasteiger partial charge is 0.351 e. The number of carbonyl (C=O) groups is 1. The van der Waals surface area contributed by atoms with Gasteiger partial charge in [-0.2, -0.15) is 4.98 Å². The summed E-state index contributed by atoms with van der Waals surface area (Å²) in [6, 6.07) is 1.53. The molecule has 2 rings (SSSR count). The number of methoxy groups -OCH3 is 1. The van der Waals surface area contributed by atoms with Gasteiger partial charge in [0.25, 0.3) is 8.53 Å². The molecule has 1 aliphatic rings. The monoisotopic (exact) mass is 460 g/mol. The van der Waals surface area contributed by atoms with Gasteiger partial charge in [-0.1, -0.05) is 25.7 Å². The van der Waals surface area contributed by atoms with Crippen molar-refractivity contribution < 1.29 is 23.7 Å². The topological polar surface area (TPSA) is 138 Å². The molecular weight excluding hydrogens is 431 g/mol. The molecule has 0 bridgehead atoms. The van der Waals surface area contributed by atoms with E-state index in [0.29, 0.717) is 6.42 Å². The Kier molecular flexibility index (Phi) is 11.9. The highest BCUT2D eigenvalue weighted by molar-refractivity contribution is 7.84. The van der Waals surface area contributed by atoms with Crippen LogP contribution in [0.1, 0.15) is 26.5 Å². The normalized spacial score (nSPS) is 22.0. The van der Waals surface area contributed by atoms with Gasteiger partial charge in [0, 0.05) is 12.1 Å². The highest BCUT2D eigenvalue weighted by atomic mass is 32.1. The van der Waals surface area contributed by atoms with Gasteiger partial charge < -0.3 is 24.6 Å². The van der Waals surface area contributed by atoms with Gasteiger partial charge in [-0.3, -0.25) is 9.36 Å². The predicted octanol–water partition coefficient (Wildman–Crippen LogP) is 1.75. The lowest BCUT2D eigenvalue weighted by Gasteiger charge is -2.18. The summed E-state index contributed by atoms with van der Waals surface area (Å²) in [6.07, 6.45) is 5.00. The number of rotatable bonds is 8. The highest BCUT2D eigenvalue weighted by Crippen LogP contribution is 2.35. The number of anilines is 1. The van der Waals surface area contributed by atoms with Crippen molar-refractivity contribution in [1.82, 2.24) is 14.6 Å². The molecule has 168 valence electrons. The number of nitrogen functional groups attached to an aromatic ring is 1. The minimum absolute atomic E-state index is 0.0645. The maximum atomic E-state index is 11.9. The number of ether oxygens (including phenoxy) is 2. The third-order valence-electron chi connectivity index (χ3n) is 3.91. The number of esters is 1.